The van der Waals surface area contributed by atoms with Gasteiger partial charge >= 0.3 is 0 Å². The fourth-order valence-electron chi connectivity index (χ4n) is 3.59. The van der Waals surface area contributed by atoms with Crippen molar-refractivity contribution in [3.8, 4) is 5.75 Å². The van der Waals surface area contributed by atoms with Crippen molar-refractivity contribution in [1.29, 1.82) is 0 Å². The lowest BCUT2D eigenvalue weighted by molar-refractivity contribution is -0.147. The van der Waals surface area contributed by atoms with E-state index in [4.69, 9.17) is 4.74 Å². The molecule has 1 aliphatic heterocycles. The molecule has 5 heteroatoms. The smallest absolute Gasteiger partial charge is 0.228 e. The second kappa shape index (κ2) is 8.18. The van der Waals surface area contributed by atoms with Gasteiger partial charge in [0, 0.05) is 26.1 Å². The van der Waals surface area contributed by atoms with Gasteiger partial charge in [-0.25, -0.2) is 0 Å². The van der Waals surface area contributed by atoms with Crippen molar-refractivity contribution in [2.75, 3.05) is 26.7 Å². The van der Waals surface area contributed by atoms with E-state index in [9.17, 15) is 9.59 Å². The Morgan fingerprint density at radius 2 is 2.00 bits per heavy atom. The summed E-state index contributed by atoms with van der Waals surface area (Å²) in [5.41, 5.74) is 0.967. The van der Waals surface area contributed by atoms with Crippen LogP contribution in [0.25, 0.3) is 0 Å². The average molecular weight is 332 g/mol. The molecule has 0 spiro atoms. The number of piperidine rings is 1. The van der Waals surface area contributed by atoms with Gasteiger partial charge in [0.15, 0.2) is 0 Å². The molecule has 1 aromatic carbocycles. The summed E-state index contributed by atoms with van der Waals surface area (Å²) in [6.45, 7) is 7.94. The normalized spacial score (nSPS) is 20.8. The molecule has 0 saturated carbocycles. The lowest BCUT2D eigenvalue weighted by Crippen LogP contribution is -2.49. The van der Waals surface area contributed by atoms with E-state index in [0.717, 1.165) is 11.3 Å². The first kappa shape index (κ1) is 18.3. The van der Waals surface area contributed by atoms with Crippen molar-refractivity contribution in [2.24, 2.45) is 5.92 Å². The SMILES string of the molecule is CCN(CC)C(=O)[C@@H]1CCC(=O)N(CC)[C@H]1c1cccc(OC)c1. The average Bonchev–Trinajstić information content (AvgIpc) is 2.62. The summed E-state index contributed by atoms with van der Waals surface area (Å²) >= 11 is 0. The quantitative estimate of drug-likeness (QED) is 0.805. The highest BCUT2D eigenvalue weighted by Crippen LogP contribution is 2.38. The highest BCUT2D eigenvalue weighted by Gasteiger charge is 2.41. The molecular formula is C19H28N2O3. The second-order valence-electron chi connectivity index (χ2n) is 6.06. The highest BCUT2D eigenvalue weighted by molar-refractivity contribution is 5.85. The monoisotopic (exact) mass is 332 g/mol. The van der Waals surface area contributed by atoms with Gasteiger partial charge in [-0.3, -0.25) is 9.59 Å². The molecule has 0 aromatic heterocycles. The van der Waals surface area contributed by atoms with Crippen LogP contribution < -0.4 is 4.74 Å². The maximum atomic E-state index is 13.0. The standard InChI is InChI=1S/C19H28N2O3/c1-5-20(6-2)19(23)16-11-12-17(22)21(7-3)18(16)14-9-8-10-15(13-14)24-4/h8-10,13,16,18H,5-7,11-12H2,1-4H3/t16-,18+/m1/s1. The number of hydrogen-bond acceptors (Lipinski definition) is 3. The van der Waals surface area contributed by atoms with Crippen LogP contribution in [0.3, 0.4) is 0 Å². The third-order valence-electron chi connectivity index (χ3n) is 4.87. The topological polar surface area (TPSA) is 49.9 Å². The van der Waals surface area contributed by atoms with Crippen molar-refractivity contribution in [3.05, 3.63) is 29.8 Å². The van der Waals surface area contributed by atoms with E-state index in [0.29, 0.717) is 32.5 Å². The number of likely N-dealkylation sites (tertiary alicyclic amines) is 1. The number of hydrogen-bond donors (Lipinski definition) is 0. The van der Waals surface area contributed by atoms with Crippen LogP contribution >= 0.6 is 0 Å². The molecule has 1 aliphatic rings. The molecule has 5 nitrogen and oxygen atoms in total. The van der Waals surface area contributed by atoms with Crippen LogP contribution in [0.2, 0.25) is 0 Å². The minimum atomic E-state index is -0.223. The lowest BCUT2D eigenvalue weighted by atomic mass is 9.83. The van der Waals surface area contributed by atoms with Crippen molar-refractivity contribution < 1.29 is 14.3 Å². The number of rotatable bonds is 6. The third-order valence-corrected chi connectivity index (χ3v) is 4.87. The summed E-state index contributed by atoms with van der Waals surface area (Å²) in [6, 6.07) is 7.50. The number of ether oxygens (including phenoxy) is 1. The Kier molecular flexibility index (Phi) is 6.23. The highest BCUT2D eigenvalue weighted by atomic mass is 16.5. The van der Waals surface area contributed by atoms with Crippen molar-refractivity contribution >= 4 is 11.8 Å². The molecule has 132 valence electrons. The predicted octanol–water partition coefficient (Wildman–Crippen LogP) is 2.86. The van der Waals surface area contributed by atoms with E-state index < -0.39 is 0 Å². The minimum absolute atomic E-state index is 0.119. The first-order valence-corrected chi connectivity index (χ1v) is 8.79. The van der Waals surface area contributed by atoms with Gasteiger partial charge in [-0.2, -0.15) is 0 Å². The van der Waals surface area contributed by atoms with Gasteiger partial charge in [0.25, 0.3) is 0 Å². The molecule has 1 aromatic rings. The zero-order valence-corrected chi connectivity index (χ0v) is 15.1. The Morgan fingerprint density at radius 1 is 1.29 bits per heavy atom. The molecule has 0 N–H and O–H groups in total. The van der Waals surface area contributed by atoms with E-state index in [1.807, 2.05) is 54.8 Å². The second-order valence-corrected chi connectivity index (χ2v) is 6.06. The first-order valence-electron chi connectivity index (χ1n) is 8.79. The largest absolute Gasteiger partial charge is 0.497 e. The molecular weight excluding hydrogens is 304 g/mol. The molecule has 2 amide bonds. The van der Waals surface area contributed by atoms with Crippen LogP contribution in [-0.4, -0.2) is 48.4 Å². The van der Waals surface area contributed by atoms with Gasteiger partial charge in [-0.1, -0.05) is 12.1 Å². The molecule has 2 rings (SSSR count). The summed E-state index contributed by atoms with van der Waals surface area (Å²) in [5, 5.41) is 0. The van der Waals surface area contributed by atoms with Crippen molar-refractivity contribution in [1.82, 2.24) is 9.80 Å². The van der Waals surface area contributed by atoms with Crippen LogP contribution in [-0.2, 0) is 9.59 Å². The number of nitrogens with zero attached hydrogens (tertiary/aromatic N) is 2. The van der Waals surface area contributed by atoms with Gasteiger partial charge < -0.3 is 14.5 Å². The molecule has 1 saturated heterocycles. The van der Waals surface area contributed by atoms with Crippen LogP contribution in [0.1, 0.15) is 45.2 Å². The lowest BCUT2D eigenvalue weighted by Gasteiger charge is -2.42. The third kappa shape index (κ3) is 3.55. The van der Waals surface area contributed by atoms with E-state index in [-0.39, 0.29) is 23.8 Å². The zero-order valence-electron chi connectivity index (χ0n) is 15.1. The van der Waals surface area contributed by atoms with Crippen LogP contribution in [0.4, 0.5) is 0 Å². The fourth-order valence-corrected chi connectivity index (χ4v) is 3.59. The zero-order chi connectivity index (χ0) is 17.7. The Balaban J connectivity index is 2.43. The summed E-state index contributed by atoms with van der Waals surface area (Å²) in [6.07, 6.45) is 1.04. The van der Waals surface area contributed by atoms with Gasteiger partial charge in [-0.05, 0) is 44.9 Å². The Hall–Kier alpha value is -2.04. The maximum Gasteiger partial charge on any atom is 0.228 e. The molecule has 0 unspecified atom stereocenters. The van der Waals surface area contributed by atoms with Crippen molar-refractivity contribution in [2.45, 2.75) is 39.7 Å². The van der Waals surface area contributed by atoms with E-state index in [2.05, 4.69) is 0 Å². The molecule has 2 atom stereocenters. The number of benzene rings is 1. The molecule has 1 fully saturated rings. The first-order chi connectivity index (χ1) is 11.6. The van der Waals surface area contributed by atoms with E-state index >= 15 is 0 Å². The summed E-state index contributed by atoms with van der Waals surface area (Å²) < 4.78 is 5.33. The number of carbonyl (C=O) groups excluding carboxylic acids is 2. The van der Waals surface area contributed by atoms with Gasteiger partial charge in [0.05, 0.1) is 19.1 Å². The maximum absolute atomic E-state index is 13.0. The van der Waals surface area contributed by atoms with Gasteiger partial charge in [0.2, 0.25) is 11.8 Å². The Labute approximate surface area is 144 Å². The molecule has 0 aliphatic carbocycles. The van der Waals surface area contributed by atoms with Crippen LogP contribution in [0.15, 0.2) is 24.3 Å². The van der Waals surface area contributed by atoms with E-state index in [1.54, 1.807) is 7.11 Å². The minimum Gasteiger partial charge on any atom is -0.497 e. The van der Waals surface area contributed by atoms with Crippen LogP contribution in [0, 0.1) is 5.92 Å². The molecule has 24 heavy (non-hydrogen) atoms. The fraction of sp³-hybridized carbons (Fsp3) is 0.579. The Bertz CT molecular complexity index is 584. The predicted molar refractivity (Wildman–Crippen MR) is 93.8 cm³/mol. The van der Waals surface area contributed by atoms with Crippen molar-refractivity contribution in [3.63, 3.8) is 0 Å². The number of methoxy groups -OCH3 is 1. The Morgan fingerprint density at radius 3 is 2.58 bits per heavy atom. The van der Waals surface area contributed by atoms with Gasteiger partial charge in [-0.15, -0.1) is 0 Å². The number of carbonyl (C=O) groups is 2. The summed E-state index contributed by atoms with van der Waals surface area (Å²) in [7, 11) is 1.63. The van der Waals surface area contributed by atoms with E-state index in [1.165, 1.54) is 0 Å². The van der Waals surface area contributed by atoms with Gasteiger partial charge in [0.1, 0.15) is 5.75 Å². The number of amides is 2. The molecule has 0 radical (unpaired) electrons. The summed E-state index contributed by atoms with van der Waals surface area (Å²) in [5.74, 6) is 0.804. The van der Waals surface area contributed by atoms with Crippen LogP contribution in [0.5, 0.6) is 5.75 Å². The molecule has 1 heterocycles. The molecule has 0 bridgehead atoms. The summed E-state index contributed by atoms with van der Waals surface area (Å²) in [4.78, 5) is 29.1.